The number of fused-ring (bicyclic) bond motifs is 1. The Balaban J connectivity index is 1.49. The molecule has 2 aliphatic rings. The Morgan fingerprint density at radius 1 is 0.750 bits per heavy atom. The highest BCUT2D eigenvalue weighted by Crippen LogP contribution is 2.36. The second kappa shape index (κ2) is 7.99. The van der Waals surface area contributed by atoms with Gasteiger partial charge >= 0.3 is 0 Å². The van der Waals surface area contributed by atoms with Gasteiger partial charge in [0.05, 0.1) is 0 Å². The molecular weight excluding hydrogens is 314 g/mol. The van der Waals surface area contributed by atoms with Crippen LogP contribution in [-0.2, 0) is 0 Å². The van der Waals surface area contributed by atoms with E-state index in [0.29, 0.717) is 5.92 Å². The lowest BCUT2D eigenvalue weighted by Crippen LogP contribution is -2.05. The van der Waals surface area contributed by atoms with Crippen molar-refractivity contribution in [3.05, 3.63) is 16.9 Å². The molecule has 2 saturated carbocycles. The molecule has 0 aliphatic heterocycles. The minimum atomic E-state index is 0.599. The van der Waals surface area contributed by atoms with E-state index >= 15 is 0 Å². The first-order valence-electron chi connectivity index (χ1n) is 10.3. The summed E-state index contributed by atoms with van der Waals surface area (Å²) in [5.74, 6) is 2.47. The van der Waals surface area contributed by atoms with E-state index in [-0.39, 0.29) is 0 Å². The number of aromatic nitrogens is 3. The zero-order chi connectivity index (χ0) is 16.2. The molecule has 0 amide bonds. The summed E-state index contributed by atoms with van der Waals surface area (Å²) in [6, 6.07) is 0. The summed E-state index contributed by atoms with van der Waals surface area (Å²) >= 11 is 1.90. The Hall–Kier alpha value is -0.900. The quantitative estimate of drug-likeness (QED) is 0.626. The Bertz CT molecular complexity index is 545. The molecule has 2 aromatic rings. The number of hydrogen-bond donors (Lipinski definition) is 0. The van der Waals surface area contributed by atoms with Crippen LogP contribution < -0.4 is 0 Å². The molecule has 0 N–H and O–H groups in total. The van der Waals surface area contributed by atoms with Gasteiger partial charge in [-0.2, -0.15) is 5.10 Å². The molecule has 0 atom stereocenters. The first kappa shape index (κ1) is 16.6. The molecule has 2 aromatic heterocycles. The summed E-state index contributed by atoms with van der Waals surface area (Å²) in [5, 5.41) is 4.88. The molecule has 0 saturated heterocycles. The zero-order valence-electron chi connectivity index (χ0n) is 14.9. The maximum absolute atomic E-state index is 4.94. The maximum atomic E-state index is 4.94. The van der Waals surface area contributed by atoms with Crippen LogP contribution in [0.5, 0.6) is 0 Å². The standard InChI is InChI=1S/C20H31N3S/c1-3-7-11-16(12-8-4-1)18-15-23-20(24-18)21-19(22-23)17-13-9-5-2-6-10-14-17/h15-17H,1-14H2. The van der Waals surface area contributed by atoms with E-state index in [1.165, 1.54) is 94.8 Å². The minimum Gasteiger partial charge on any atom is -0.211 e. The van der Waals surface area contributed by atoms with Crippen molar-refractivity contribution in [1.29, 1.82) is 0 Å². The number of rotatable bonds is 2. The summed E-state index contributed by atoms with van der Waals surface area (Å²) in [4.78, 5) is 7.59. The van der Waals surface area contributed by atoms with Crippen molar-refractivity contribution >= 4 is 16.3 Å². The summed E-state index contributed by atoms with van der Waals surface area (Å²) < 4.78 is 2.09. The number of nitrogens with zero attached hydrogens (tertiary/aromatic N) is 3. The third kappa shape index (κ3) is 3.84. The zero-order valence-corrected chi connectivity index (χ0v) is 15.7. The normalized spacial score (nSPS) is 22.8. The van der Waals surface area contributed by atoms with Crippen molar-refractivity contribution in [2.45, 2.75) is 102 Å². The van der Waals surface area contributed by atoms with E-state index in [9.17, 15) is 0 Å². The van der Waals surface area contributed by atoms with Gasteiger partial charge in [0.2, 0.25) is 4.96 Å². The van der Waals surface area contributed by atoms with Crippen LogP contribution in [0.15, 0.2) is 6.20 Å². The molecule has 3 nitrogen and oxygen atoms in total. The molecule has 2 aliphatic carbocycles. The van der Waals surface area contributed by atoms with Gasteiger partial charge in [0.1, 0.15) is 0 Å². The van der Waals surface area contributed by atoms with Crippen LogP contribution in [0.3, 0.4) is 0 Å². The van der Waals surface area contributed by atoms with Crippen LogP contribution in [0.1, 0.15) is 112 Å². The van der Waals surface area contributed by atoms with Crippen molar-refractivity contribution < 1.29 is 0 Å². The van der Waals surface area contributed by atoms with E-state index in [1.54, 1.807) is 0 Å². The summed E-state index contributed by atoms with van der Waals surface area (Å²) in [7, 11) is 0. The van der Waals surface area contributed by atoms with Gasteiger partial charge in [0.25, 0.3) is 0 Å². The van der Waals surface area contributed by atoms with Crippen molar-refractivity contribution in [3.8, 4) is 0 Å². The average Bonchev–Trinajstić information content (AvgIpc) is 3.05. The topological polar surface area (TPSA) is 30.2 Å². The van der Waals surface area contributed by atoms with E-state index in [4.69, 9.17) is 10.1 Å². The second-order valence-corrected chi connectivity index (χ2v) is 8.96. The molecule has 2 fully saturated rings. The van der Waals surface area contributed by atoms with Crippen LogP contribution in [-0.4, -0.2) is 14.6 Å². The van der Waals surface area contributed by atoms with Gasteiger partial charge in [-0.05, 0) is 31.6 Å². The highest BCUT2D eigenvalue weighted by Gasteiger charge is 2.21. The lowest BCUT2D eigenvalue weighted by atomic mass is 9.90. The average molecular weight is 346 g/mol. The first-order chi connectivity index (χ1) is 11.9. The molecule has 0 aromatic carbocycles. The lowest BCUT2D eigenvalue weighted by Gasteiger charge is -2.18. The Kier molecular flexibility index (Phi) is 5.51. The molecule has 4 rings (SSSR count). The van der Waals surface area contributed by atoms with Gasteiger partial charge < -0.3 is 0 Å². The predicted molar refractivity (Wildman–Crippen MR) is 101 cm³/mol. The monoisotopic (exact) mass is 345 g/mol. The molecule has 4 heteroatoms. The molecule has 132 valence electrons. The van der Waals surface area contributed by atoms with Crippen LogP contribution in [0, 0.1) is 0 Å². The Morgan fingerprint density at radius 2 is 1.29 bits per heavy atom. The van der Waals surface area contributed by atoms with Gasteiger partial charge in [-0.3, -0.25) is 0 Å². The predicted octanol–water partition coefficient (Wildman–Crippen LogP) is 6.45. The molecular formula is C20H31N3S. The smallest absolute Gasteiger partial charge is 0.211 e. The van der Waals surface area contributed by atoms with E-state index in [0.717, 1.165) is 16.7 Å². The highest BCUT2D eigenvalue weighted by atomic mass is 32.1. The summed E-state index contributed by atoms with van der Waals surface area (Å²) in [5.41, 5.74) is 0. The van der Waals surface area contributed by atoms with Gasteiger partial charge in [-0.1, -0.05) is 75.5 Å². The fourth-order valence-corrected chi connectivity index (χ4v) is 5.64. The molecule has 0 spiro atoms. The van der Waals surface area contributed by atoms with Crippen LogP contribution in [0.25, 0.3) is 4.96 Å². The summed E-state index contributed by atoms with van der Waals surface area (Å²) in [6.45, 7) is 0. The molecule has 0 radical (unpaired) electrons. The Morgan fingerprint density at radius 3 is 1.88 bits per heavy atom. The fourth-order valence-electron chi connectivity index (χ4n) is 4.55. The molecule has 0 unspecified atom stereocenters. The molecule has 24 heavy (non-hydrogen) atoms. The highest BCUT2D eigenvalue weighted by molar-refractivity contribution is 7.17. The third-order valence-electron chi connectivity index (χ3n) is 6.05. The fraction of sp³-hybridized carbons (Fsp3) is 0.800. The first-order valence-corrected chi connectivity index (χ1v) is 11.1. The van der Waals surface area contributed by atoms with Gasteiger partial charge in [-0.15, -0.1) is 0 Å². The van der Waals surface area contributed by atoms with Gasteiger partial charge in [0.15, 0.2) is 5.82 Å². The number of hydrogen-bond acceptors (Lipinski definition) is 3. The largest absolute Gasteiger partial charge is 0.212 e. The van der Waals surface area contributed by atoms with Gasteiger partial charge in [-0.25, -0.2) is 9.50 Å². The second-order valence-electron chi connectivity index (χ2n) is 7.91. The Labute approximate surface area is 149 Å². The third-order valence-corrected chi connectivity index (χ3v) is 7.19. The maximum Gasteiger partial charge on any atom is 0.212 e. The van der Waals surface area contributed by atoms with E-state index in [1.807, 2.05) is 11.3 Å². The molecule has 2 heterocycles. The minimum absolute atomic E-state index is 0.599. The van der Waals surface area contributed by atoms with Crippen molar-refractivity contribution in [3.63, 3.8) is 0 Å². The number of thiazole rings is 1. The van der Waals surface area contributed by atoms with Crippen LogP contribution in [0.4, 0.5) is 0 Å². The van der Waals surface area contributed by atoms with Crippen molar-refractivity contribution in [2.24, 2.45) is 0 Å². The van der Waals surface area contributed by atoms with Crippen molar-refractivity contribution in [1.82, 2.24) is 14.6 Å². The SMILES string of the molecule is c1c(C2CCCCCCC2)sc2nc(C3CCCCCCC3)nn12. The van der Waals surface area contributed by atoms with E-state index < -0.39 is 0 Å². The molecule has 0 bridgehead atoms. The summed E-state index contributed by atoms with van der Waals surface area (Å²) in [6.07, 6.45) is 21.6. The van der Waals surface area contributed by atoms with Crippen LogP contribution >= 0.6 is 11.3 Å². The van der Waals surface area contributed by atoms with E-state index in [2.05, 4.69) is 10.7 Å². The lowest BCUT2D eigenvalue weighted by molar-refractivity contribution is 0.442. The van der Waals surface area contributed by atoms with Gasteiger partial charge in [0, 0.05) is 17.0 Å². The van der Waals surface area contributed by atoms with Crippen molar-refractivity contribution in [2.75, 3.05) is 0 Å². The van der Waals surface area contributed by atoms with Crippen LogP contribution in [0.2, 0.25) is 0 Å².